The molecule has 5 aromatic rings. The molecule has 2 aromatic carbocycles. The molecule has 3 heterocycles. The van der Waals surface area contributed by atoms with E-state index in [2.05, 4.69) is 20.3 Å². The molecule has 40 heavy (non-hydrogen) atoms. The lowest BCUT2D eigenvalue weighted by Gasteiger charge is -2.16. The van der Waals surface area contributed by atoms with Crippen LogP contribution >= 0.6 is 34.5 Å². The Labute approximate surface area is 241 Å². The number of rotatable bonds is 8. The molecule has 1 atom stereocenters. The Morgan fingerprint density at radius 1 is 1.05 bits per heavy atom. The van der Waals surface area contributed by atoms with Gasteiger partial charge in [-0.15, -0.1) is 11.3 Å². The van der Waals surface area contributed by atoms with Crippen LogP contribution in [0.1, 0.15) is 6.92 Å². The number of amides is 1. The van der Waals surface area contributed by atoms with Crippen molar-refractivity contribution in [2.75, 3.05) is 26.1 Å². The van der Waals surface area contributed by atoms with E-state index >= 15 is 4.39 Å². The molecule has 0 fully saturated rings. The average molecular weight is 603 g/mol. The smallest absolute Gasteiger partial charge is 0.411 e. The molecule has 0 aliphatic carbocycles. The molecule has 0 bridgehead atoms. The van der Waals surface area contributed by atoms with Crippen molar-refractivity contribution in [3.8, 4) is 27.8 Å². The van der Waals surface area contributed by atoms with E-state index in [4.69, 9.17) is 42.1 Å². The van der Waals surface area contributed by atoms with Gasteiger partial charge in [0, 0.05) is 28.1 Å². The summed E-state index contributed by atoms with van der Waals surface area (Å²) in [4.78, 5) is 25.2. The van der Waals surface area contributed by atoms with Gasteiger partial charge in [0.2, 0.25) is 0 Å². The number of hydrogen-bond donors (Lipinski definition) is 1. The minimum absolute atomic E-state index is 0.0972. The first kappa shape index (κ1) is 27.6. The summed E-state index contributed by atoms with van der Waals surface area (Å²) in [7, 11) is 3.04. The number of halogens is 3. The van der Waals surface area contributed by atoms with E-state index < -0.39 is 18.0 Å². The maximum absolute atomic E-state index is 15.2. The van der Waals surface area contributed by atoms with E-state index in [0.29, 0.717) is 43.0 Å². The molecule has 1 N–H and O–H groups in total. The van der Waals surface area contributed by atoms with Crippen LogP contribution in [-0.4, -0.2) is 48.0 Å². The molecule has 1 amide bonds. The highest BCUT2D eigenvalue weighted by Crippen LogP contribution is 2.41. The first-order valence-electron chi connectivity index (χ1n) is 11.8. The molecular weight excluding hydrogens is 582 g/mol. The van der Waals surface area contributed by atoms with Crippen LogP contribution < -0.4 is 19.5 Å². The van der Waals surface area contributed by atoms with E-state index in [9.17, 15) is 4.79 Å². The molecule has 0 unspecified atom stereocenters. The van der Waals surface area contributed by atoms with Crippen molar-refractivity contribution in [3.63, 3.8) is 0 Å². The summed E-state index contributed by atoms with van der Waals surface area (Å²) >= 11 is 14.0. The third kappa shape index (κ3) is 5.81. The fourth-order valence-electron chi connectivity index (χ4n) is 3.85. The van der Waals surface area contributed by atoms with Crippen molar-refractivity contribution in [1.82, 2.24) is 15.0 Å². The summed E-state index contributed by atoms with van der Waals surface area (Å²) in [6.07, 6.45) is 3.12. The maximum atomic E-state index is 15.2. The molecule has 206 valence electrons. The van der Waals surface area contributed by atoms with Gasteiger partial charge in [-0.25, -0.2) is 14.2 Å². The fraction of sp³-hybridized carbons (Fsp3) is 0.185. The lowest BCUT2D eigenvalue weighted by Crippen LogP contribution is -2.24. The summed E-state index contributed by atoms with van der Waals surface area (Å²) in [5.41, 5.74) is 2.00. The zero-order valence-electron chi connectivity index (χ0n) is 21.3. The van der Waals surface area contributed by atoms with Gasteiger partial charge in [0.25, 0.3) is 0 Å². The molecule has 0 radical (unpaired) electrons. The number of thiazole rings is 1. The van der Waals surface area contributed by atoms with Gasteiger partial charge in [-0.05, 0) is 25.1 Å². The normalized spacial score (nSPS) is 11.8. The van der Waals surface area contributed by atoms with Crippen molar-refractivity contribution < 1.29 is 28.1 Å². The van der Waals surface area contributed by atoms with Gasteiger partial charge in [-0.3, -0.25) is 15.3 Å². The van der Waals surface area contributed by atoms with Crippen LogP contribution in [0, 0.1) is 5.82 Å². The Hall–Kier alpha value is -3.93. The molecule has 9 nitrogen and oxygen atoms in total. The lowest BCUT2D eigenvalue weighted by atomic mass is 10.1. The second-order valence-electron chi connectivity index (χ2n) is 8.53. The first-order valence-corrected chi connectivity index (χ1v) is 13.3. The van der Waals surface area contributed by atoms with Crippen molar-refractivity contribution >= 4 is 67.4 Å². The number of fused-ring (bicyclic) bond motifs is 2. The predicted molar refractivity (Wildman–Crippen MR) is 153 cm³/mol. The van der Waals surface area contributed by atoms with Gasteiger partial charge in [0.15, 0.2) is 11.6 Å². The fourth-order valence-corrected chi connectivity index (χ4v) is 5.39. The number of methoxy groups -OCH3 is 2. The maximum Gasteiger partial charge on any atom is 0.411 e. The third-order valence-electron chi connectivity index (χ3n) is 5.69. The van der Waals surface area contributed by atoms with Gasteiger partial charge in [0.1, 0.15) is 39.8 Å². The SMILES string of the molecule is COc1cncc(NC(=O)OC[C@H](C)Oc2cc3sc(-c4cc(Cl)cc5cc(OC)cnc45)nc3c(Cl)c2F)c1. The van der Waals surface area contributed by atoms with Crippen molar-refractivity contribution in [2.24, 2.45) is 0 Å². The number of nitrogens with zero attached hydrogens (tertiary/aromatic N) is 3. The first-order chi connectivity index (χ1) is 19.2. The number of hydrogen-bond acceptors (Lipinski definition) is 9. The summed E-state index contributed by atoms with van der Waals surface area (Å²) in [5, 5.41) is 4.16. The second kappa shape index (κ2) is 11.7. The van der Waals surface area contributed by atoms with E-state index in [-0.39, 0.29) is 22.9 Å². The van der Waals surface area contributed by atoms with Crippen LogP contribution in [0.5, 0.6) is 17.2 Å². The number of anilines is 1. The van der Waals surface area contributed by atoms with Crippen LogP contribution in [0.3, 0.4) is 0 Å². The number of carbonyl (C=O) groups excluding carboxylic acids is 1. The molecule has 0 saturated carbocycles. The van der Waals surface area contributed by atoms with Crippen molar-refractivity contribution in [3.05, 3.63) is 64.8 Å². The zero-order chi connectivity index (χ0) is 28.4. The van der Waals surface area contributed by atoms with E-state index in [0.717, 1.165) is 5.39 Å². The topological polar surface area (TPSA) is 105 Å². The number of pyridine rings is 2. The number of nitrogens with one attached hydrogen (secondary N) is 1. The van der Waals surface area contributed by atoms with E-state index in [1.54, 1.807) is 38.4 Å². The van der Waals surface area contributed by atoms with Crippen molar-refractivity contribution in [1.29, 1.82) is 0 Å². The minimum atomic E-state index is -0.774. The zero-order valence-corrected chi connectivity index (χ0v) is 23.7. The van der Waals surface area contributed by atoms with Gasteiger partial charge in [0.05, 0.1) is 48.7 Å². The van der Waals surface area contributed by atoms with Crippen LogP contribution in [0.4, 0.5) is 14.9 Å². The largest absolute Gasteiger partial charge is 0.495 e. The van der Waals surface area contributed by atoms with Gasteiger partial charge >= 0.3 is 6.09 Å². The standard InChI is InChI=1S/C27H21Cl2FN4O5S/c1-13(12-38-27(35)33-16-7-18(37-3)10-31-9-16)39-20-8-21-25(22(29)23(20)30)34-26(40-21)19-6-15(28)4-14-5-17(36-2)11-32-24(14)19/h4-11,13H,12H2,1-3H3,(H,33,35)/t13-/m0/s1. The highest BCUT2D eigenvalue weighted by molar-refractivity contribution is 7.21. The second-order valence-corrected chi connectivity index (χ2v) is 10.4. The number of aromatic nitrogens is 3. The minimum Gasteiger partial charge on any atom is -0.495 e. The molecule has 0 aliphatic rings. The predicted octanol–water partition coefficient (Wildman–Crippen LogP) is 7.39. The van der Waals surface area contributed by atoms with Crippen LogP contribution in [0.2, 0.25) is 10.0 Å². The van der Waals surface area contributed by atoms with Crippen molar-refractivity contribution in [2.45, 2.75) is 13.0 Å². The molecule has 0 saturated heterocycles. The number of carbonyl (C=O) groups is 1. The van der Waals surface area contributed by atoms with E-state index in [1.165, 1.54) is 36.9 Å². The monoisotopic (exact) mass is 602 g/mol. The van der Waals surface area contributed by atoms with E-state index in [1.807, 2.05) is 6.07 Å². The molecule has 13 heteroatoms. The number of benzene rings is 2. The Bertz CT molecular complexity index is 1740. The molecular formula is C27H21Cl2FN4O5S. The molecule has 5 rings (SSSR count). The van der Waals surface area contributed by atoms with Crippen LogP contribution in [-0.2, 0) is 4.74 Å². The summed E-state index contributed by atoms with van der Waals surface area (Å²) in [5.74, 6) is 0.192. The highest BCUT2D eigenvalue weighted by atomic mass is 35.5. The Morgan fingerprint density at radius 2 is 1.82 bits per heavy atom. The van der Waals surface area contributed by atoms with Gasteiger partial charge in [-0.1, -0.05) is 23.2 Å². The number of ether oxygens (including phenoxy) is 4. The lowest BCUT2D eigenvalue weighted by molar-refractivity contribution is 0.0969. The Morgan fingerprint density at radius 3 is 2.60 bits per heavy atom. The summed E-state index contributed by atoms with van der Waals surface area (Å²) < 4.78 is 37.1. The van der Waals surface area contributed by atoms with Gasteiger partial charge in [-0.2, -0.15) is 0 Å². The molecule has 3 aromatic heterocycles. The Kier molecular flexibility index (Phi) is 8.06. The quantitative estimate of drug-likeness (QED) is 0.196. The molecule has 0 spiro atoms. The molecule has 0 aliphatic heterocycles. The van der Waals surface area contributed by atoms with Crippen LogP contribution in [0.25, 0.3) is 31.7 Å². The highest BCUT2D eigenvalue weighted by Gasteiger charge is 2.21. The van der Waals surface area contributed by atoms with Crippen LogP contribution in [0.15, 0.2) is 48.9 Å². The Balaban J connectivity index is 1.34. The average Bonchev–Trinajstić information content (AvgIpc) is 3.38. The summed E-state index contributed by atoms with van der Waals surface area (Å²) in [6, 6.07) is 8.44. The third-order valence-corrected chi connectivity index (χ3v) is 7.29. The summed E-state index contributed by atoms with van der Waals surface area (Å²) in [6.45, 7) is 1.48. The van der Waals surface area contributed by atoms with Gasteiger partial charge < -0.3 is 18.9 Å².